The number of carbonyl (C=O) groups is 1. The highest BCUT2D eigenvalue weighted by Crippen LogP contribution is 2.24. The molecule has 0 atom stereocenters. The number of rotatable bonds is 8. The van der Waals surface area contributed by atoms with Crippen LogP contribution < -0.4 is 16.0 Å². The largest absolute Gasteiger partial charge is 0.384 e. The quantitative estimate of drug-likeness (QED) is 0.310. The molecule has 0 radical (unpaired) electrons. The number of fused-ring (bicyclic) bond motifs is 1. The number of aromatic nitrogens is 3. The molecule has 3 N–H and O–H groups in total. The van der Waals surface area contributed by atoms with Crippen LogP contribution in [0.4, 0.5) is 17.3 Å². The molecule has 2 aromatic heterocycles. The number of aryl methyl sites for hydroxylation is 2. The zero-order valence-corrected chi connectivity index (χ0v) is 19.3. The van der Waals surface area contributed by atoms with Gasteiger partial charge < -0.3 is 16.0 Å². The predicted octanol–water partition coefficient (Wildman–Crippen LogP) is 5.27. The molecule has 0 aliphatic heterocycles. The maximum atomic E-state index is 12.4. The lowest BCUT2D eigenvalue weighted by Crippen LogP contribution is -2.25. The van der Waals surface area contributed by atoms with Crippen molar-refractivity contribution in [3.05, 3.63) is 82.8 Å². The molecule has 0 bridgehead atoms. The van der Waals surface area contributed by atoms with Crippen LogP contribution >= 0.6 is 11.6 Å². The van der Waals surface area contributed by atoms with Crippen molar-refractivity contribution < 1.29 is 4.79 Å². The summed E-state index contributed by atoms with van der Waals surface area (Å²) in [6.45, 7) is 5.15. The number of pyridine rings is 1. The van der Waals surface area contributed by atoms with Gasteiger partial charge in [0.25, 0.3) is 5.91 Å². The summed E-state index contributed by atoms with van der Waals surface area (Å²) in [4.78, 5) is 25.5. The number of halogens is 1. The van der Waals surface area contributed by atoms with Gasteiger partial charge in [-0.3, -0.25) is 9.78 Å². The highest BCUT2D eigenvalue weighted by atomic mass is 35.5. The first-order valence-electron chi connectivity index (χ1n) is 10.7. The summed E-state index contributed by atoms with van der Waals surface area (Å²) in [7, 11) is 0. The van der Waals surface area contributed by atoms with E-state index in [0.29, 0.717) is 23.1 Å². The SMILES string of the molecule is Cc1cc(C)nc(Nc2ccc(C(=O)NCCCNc3ccnc4cc(Cl)ccc34)cc2)n1. The third-order valence-corrected chi connectivity index (χ3v) is 5.28. The molecule has 0 spiro atoms. The maximum Gasteiger partial charge on any atom is 0.251 e. The van der Waals surface area contributed by atoms with E-state index in [0.717, 1.165) is 46.6 Å². The number of amides is 1. The van der Waals surface area contributed by atoms with Crippen molar-refractivity contribution in [2.24, 2.45) is 0 Å². The Hall–Kier alpha value is -3.71. The molecule has 7 nitrogen and oxygen atoms in total. The van der Waals surface area contributed by atoms with Crippen molar-refractivity contribution in [1.29, 1.82) is 0 Å². The van der Waals surface area contributed by atoms with Crippen LogP contribution in [0, 0.1) is 13.8 Å². The third kappa shape index (κ3) is 5.96. The molecule has 0 saturated carbocycles. The van der Waals surface area contributed by atoms with E-state index >= 15 is 0 Å². The third-order valence-electron chi connectivity index (χ3n) is 5.04. The highest BCUT2D eigenvalue weighted by Gasteiger charge is 2.07. The van der Waals surface area contributed by atoms with E-state index in [1.807, 2.05) is 56.3 Å². The molecule has 2 heterocycles. The van der Waals surface area contributed by atoms with Crippen LogP contribution in [0.15, 0.2) is 60.8 Å². The number of carbonyl (C=O) groups excluding carboxylic acids is 1. The van der Waals surface area contributed by atoms with Gasteiger partial charge in [-0.05, 0) is 74.9 Å². The fourth-order valence-electron chi connectivity index (χ4n) is 3.51. The molecule has 0 aliphatic carbocycles. The second-order valence-corrected chi connectivity index (χ2v) is 8.17. The summed E-state index contributed by atoms with van der Waals surface area (Å²) in [6, 6.07) is 16.8. The minimum absolute atomic E-state index is 0.104. The van der Waals surface area contributed by atoms with Gasteiger partial charge in [0.15, 0.2) is 0 Å². The normalized spacial score (nSPS) is 10.8. The van der Waals surface area contributed by atoms with E-state index in [4.69, 9.17) is 11.6 Å². The highest BCUT2D eigenvalue weighted by molar-refractivity contribution is 6.31. The van der Waals surface area contributed by atoms with Crippen molar-refractivity contribution >= 4 is 45.7 Å². The first kappa shape index (κ1) is 22.5. The molecule has 1 amide bonds. The van der Waals surface area contributed by atoms with Crippen LogP contribution in [-0.2, 0) is 0 Å². The Morgan fingerprint density at radius 1 is 0.939 bits per heavy atom. The first-order valence-corrected chi connectivity index (χ1v) is 11.1. The van der Waals surface area contributed by atoms with Gasteiger partial charge in [0.1, 0.15) is 0 Å². The minimum atomic E-state index is -0.104. The Labute approximate surface area is 197 Å². The molecule has 0 saturated heterocycles. The number of hydrogen-bond acceptors (Lipinski definition) is 6. The molecule has 4 aromatic rings. The number of nitrogens with one attached hydrogen (secondary N) is 3. The van der Waals surface area contributed by atoms with Crippen molar-refractivity contribution in [2.75, 3.05) is 23.7 Å². The molecule has 33 heavy (non-hydrogen) atoms. The van der Waals surface area contributed by atoms with Crippen molar-refractivity contribution in [3.63, 3.8) is 0 Å². The smallest absolute Gasteiger partial charge is 0.251 e. The molecule has 8 heteroatoms. The van der Waals surface area contributed by atoms with Gasteiger partial charge in [-0.15, -0.1) is 0 Å². The Morgan fingerprint density at radius 3 is 2.45 bits per heavy atom. The molecule has 0 aliphatic rings. The van der Waals surface area contributed by atoms with Gasteiger partial charge >= 0.3 is 0 Å². The number of nitrogens with zero attached hydrogens (tertiary/aromatic N) is 3. The average molecular weight is 461 g/mol. The average Bonchev–Trinajstić information content (AvgIpc) is 2.78. The predicted molar refractivity (Wildman–Crippen MR) is 133 cm³/mol. The van der Waals surface area contributed by atoms with Crippen LogP contribution in [0.2, 0.25) is 5.02 Å². The summed E-state index contributed by atoms with van der Waals surface area (Å²) >= 11 is 6.04. The molecular weight excluding hydrogens is 436 g/mol. The molecule has 4 rings (SSSR count). The maximum absolute atomic E-state index is 12.4. The monoisotopic (exact) mass is 460 g/mol. The lowest BCUT2D eigenvalue weighted by Gasteiger charge is -2.10. The second kappa shape index (κ2) is 10.3. The summed E-state index contributed by atoms with van der Waals surface area (Å²) < 4.78 is 0. The summed E-state index contributed by atoms with van der Waals surface area (Å²) in [5.74, 6) is 0.440. The van der Waals surface area contributed by atoms with Gasteiger partial charge in [0.2, 0.25) is 5.95 Å². The standard InChI is InChI=1S/C25H25ClN6O/c1-16-14-17(2)31-25(30-16)32-20-7-4-18(5-8-20)24(33)29-12-3-11-27-22-10-13-28-23-15-19(26)6-9-21(22)23/h4-10,13-15H,3,11-12H2,1-2H3,(H,27,28)(H,29,33)(H,30,31,32). The van der Waals surface area contributed by atoms with Gasteiger partial charge in [-0.25, -0.2) is 9.97 Å². The fraction of sp³-hybridized carbons (Fsp3) is 0.200. The van der Waals surface area contributed by atoms with Crippen LogP contribution in [0.25, 0.3) is 10.9 Å². The van der Waals surface area contributed by atoms with Crippen molar-refractivity contribution in [3.8, 4) is 0 Å². The Bertz CT molecular complexity index is 1260. The van der Waals surface area contributed by atoms with E-state index in [9.17, 15) is 4.79 Å². The Kier molecular flexibility index (Phi) is 7.00. The van der Waals surface area contributed by atoms with Crippen LogP contribution in [-0.4, -0.2) is 33.9 Å². The Morgan fingerprint density at radius 2 is 1.70 bits per heavy atom. The molecule has 168 valence electrons. The lowest BCUT2D eigenvalue weighted by atomic mass is 10.2. The van der Waals surface area contributed by atoms with E-state index < -0.39 is 0 Å². The van der Waals surface area contributed by atoms with Gasteiger partial charge in [-0.1, -0.05) is 11.6 Å². The number of benzene rings is 2. The summed E-state index contributed by atoms with van der Waals surface area (Å²) in [6.07, 6.45) is 2.54. The van der Waals surface area contributed by atoms with Crippen molar-refractivity contribution in [1.82, 2.24) is 20.3 Å². The molecule has 2 aromatic carbocycles. The van der Waals surface area contributed by atoms with Crippen molar-refractivity contribution in [2.45, 2.75) is 20.3 Å². The van der Waals surface area contributed by atoms with Crippen LogP contribution in [0.3, 0.4) is 0 Å². The van der Waals surface area contributed by atoms with Gasteiger partial charge in [0.05, 0.1) is 5.52 Å². The molecular formula is C25H25ClN6O. The van der Waals surface area contributed by atoms with E-state index in [2.05, 4.69) is 30.9 Å². The number of anilines is 3. The first-order chi connectivity index (χ1) is 16.0. The summed E-state index contributed by atoms with van der Waals surface area (Å²) in [5.41, 5.74) is 5.08. The van der Waals surface area contributed by atoms with Crippen LogP contribution in [0.5, 0.6) is 0 Å². The second-order valence-electron chi connectivity index (χ2n) is 7.73. The zero-order valence-electron chi connectivity index (χ0n) is 18.5. The zero-order chi connectivity index (χ0) is 23.2. The van der Waals surface area contributed by atoms with E-state index in [1.54, 1.807) is 18.3 Å². The van der Waals surface area contributed by atoms with E-state index in [-0.39, 0.29) is 5.91 Å². The fourth-order valence-corrected chi connectivity index (χ4v) is 3.67. The number of hydrogen-bond donors (Lipinski definition) is 3. The van der Waals surface area contributed by atoms with Gasteiger partial charge in [0, 0.05) is 58.0 Å². The molecule has 0 unspecified atom stereocenters. The Balaban J connectivity index is 1.25. The topological polar surface area (TPSA) is 91.8 Å². The molecule has 0 fully saturated rings. The lowest BCUT2D eigenvalue weighted by molar-refractivity contribution is 0.0953. The minimum Gasteiger partial charge on any atom is -0.384 e. The summed E-state index contributed by atoms with van der Waals surface area (Å²) in [5, 5.41) is 11.2. The van der Waals surface area contributed by atoms with Crippen LogP contribution in [0.1, 0.15) is 28.2 Å². The van der Waals surface area contributed by atoms with Gasteiger partial charge in [-0.2, -0.15) is 0 Å². The van der Waals surface area contributed by atoms with E-state index in [1.165, 1.54) is 0 Å².